The Hall–Kier alpha value is -2.27. The average Bonchev–Trinajstić information content (AvgIpc) is 2.58. The van der Waals surface area contributed by atoms with Gasteiger partial charge in [0.2, 0.25) is 5.91 Å². The Kier molecular flexibility index (Phi) is 6.23. The predicted octanol–water partition coefficient (Wildman–Crippen LogP) is 2.80. The summed E-state index contributed by atoms with van der Waals surface area (Å²) in [5.41, 5.74) is 1.61. The summed E-state index contributed by atoms with van der Waals surface area (Å²) in [6.07, 6.45) is 0. The lowest BCUT2D eigenvalue weighted by Crippen LogP contribution is -2.24. The van der Waals surface area contributed by atoms with Gasteiger partial charge in [0.05, 0.1) is 5.75 Å². The van der Waals surface area contributed by atoms with E-state index in [1.807, 2.05) is 42.5 Å². The van der Waals surface area contributed by atoms with Crippen molar-refractivity contribution in [1.29, 1.82) is 0 Å². The largest absolute Gasteiger partial charge is 0.351 e. The minimum absolute atomic E-state index is 0.00713. The maximum Gasteiger partial charge on any atom is 0.253 e. The number of thioether (sulfide) groups is 1. The molecule has 2 amide bonds. The van der Waals surface area contributed by atoms with Crippen molar-refractivity contribution in [3.8, 4) is 0 Å². The zero-order chi connectivity index (χ0) is 16.7. The molecule has 1 N–H and O–H groups in total. The van der Waals surface area contributed by atoms with Crippen LogP contribution in [0.5, 0.6) is 0 Å². The minimum Gasteiger partial charge on any atom is -0.351 e. The molecular weight excluding hydrogens is 308 g/mol. The molecule has 0 spiro atoms. The van der Waals surface area contributed by atoms with E-state index in [-0.39, 0.29) is 11.8 Å². The Balaban J connectivity index is 1.79. The summed E-state index contributed by atoms with van der Waals surface area (Å²) in [7, 11) is 3.45. The van der Waals surface area contributed by atoms with E-state index in [4.69, 9.17) is 0 Å². The molecule has 0 radical (unpaired) electrons. The van der Waals surface area contributed by atoms with E-state index in [0.29, 0.717) is 17.9 Å². The highest BCUT2D eigenvalue weighted by Gasteiger charge is 2.07. The van der Waals surface area contributed by atoms with Crippen molar-refractivity contribution in [2.24, 2.45) is 0 Å². The summed E-state index contributed by atoms with van der Waals surface area (Å²) in [5.74, 6) is 0.355. The molecule has 0 saturated carbocycles. The maximum atomic E-state index is 11.9. The Labute approximate surface area is 140 Å². The van der Waals surface area contributed by atoms with Gasteiger partial charge in [0, 0.05) is 31.1 Å². The molecule has 0 aromatic heterocycles. The van der Waals surface area contributed by atoms with Gasteiger partial charge >= 0.3 is 0 Å². The Bertz CT molecular complexity index is 654. The SMILES string of the molecule is CN(C)C(=O)c1ccc(CNC(=O)CSc2ccccc2)cc1. The first-order chi connectivity index (χ1) is 11.1. The van der Waals surface area contributed by atoms with E-state index >= 15 is 0 Å². The van der Waals surface area contributed by atoms with Crippen molar-refractivity contribution < 1.29 is 9.59 Å². The summed E-state index contributed by atoms with van der Waals surface area (Å²) < 4.78 is 0. The second-order valence-corrected chi connectivity index (χ2v) is 6.32. The van der Waals surface area contributed by atoms with E-state index in [0.717, 1.165) is 10.5 Å². The summed E-state index contributed by atoms with van der Waals surface area (Å²) in [6, 6.07) is 17.1. The molecule has 2 aromatic rings. The number of nitrogens with one attached hydrogen (secondary N) is 1. The van der Waals surface area contributed by atoms with E-state index in [1.165, 1.54) is 16.7 Å². The van der Waals surface area contributed by atoms with Gasteiger partial charge < -0.3 is 10.2 Å². The fourth-order valence-electron chi connectivity index (χ4n) is 1.94. The highest BCUT2D eigenvalue weighted by Crippen LogP contribution is 2.16. The van der Waals surface area contributed by atoms with Crippen molar-refractivity contribution >= 4 is 23.6 Å². The second-order valence-electron chi connectivity index (χ2n) is 5.27. The van der Waals surface area contributed by atoms with E-state index < -0.39 is 0 Å². The number of benzene rings is 2. The highest BCUT2D eigenvalue weighted by atomic mass is 32.2. The molecule has 0 fully saturated rings. The molecule has 120 valence electrons. The molecule has 0 bridgehead atoms. The van der Waals surface area contributed by atoms with Crippen LogP contribution in [0.4, 0.5) is 0 Å². The van der Waals surface area contributed by atoms with Gasteiger partial charge in [0.15, 0.2) is 0 Å². The van der Waals surface area contributed by atoms with Gasteiger partial charge in [0.25, 0.3) is 5.91 Å². The molecule has 2 rings (SSSR count). The number of carbonyl (C=O) groups excluding carboxylic acids is 2. The third-order valence-electron chi connectivity index (χ3n) is 3.21. The van der Waals surface area contributed by atoms with Crippen molar-refractivity contribution in [3.05, 3.63) is 65.7 Å². The number of hydrogen-bond donors (Lipinski definition) is 1. The molecule has 5 heteroatoms. The maximum absolute atomic E-state index is 11.9. The van der Waals surface area contributed by atoms with Crippen molar-refractivity contribution in [3.63, 3.8) is 0 Å². The molecule has 0 saturated heterocycles. The topological polar surface area (TPSA) is 49.4 Å². The fraction of sp³-hybridized carbons (Fsp3) is 0.222. The van der Waals surface area contributed by atoms with E-state index in [2.05, 4.69) is 5.32 Å². The Morgan fingerprint density at radius 3 is 2.26 bits per heavy atom. The molecule has 0 aliphatic heterocycles. The smallest absolute Gasteiger partial charge is 0.253 e. The first-order valence-corrected chi connectivity index (χ1v) is 8.30. The van der Waals surface area contributed by atoms with Crippen LogP contribution in [0.1, 0.15) is 15.9 Å². The number of hydrogen-bond acceptors (Lipinski definition) is 3. The third kappa shape index (κ3) is 5.45. The lowest BCUT2D eigenvalue weighted by molar-refractivity contribution is -0.118. The van der Waals surface area contributed by atoms with Crippen LogP contribution in [0.15, 0.2) is 59.5 Å². The molecule has 0 aliphatic carbocycles. The van der Waals surface area contributed by atoms with Crippen LogP contribution in [-0.4, -0.2) is 36.6 Å². The predicted molar refractivity (Wildman–Crippen MR) is 93.5 cm³/mol. The van der Waals surface area contributed by atoms with E-state index in [1.54, 1.807) is 26.2 Å². The summed E-state index contributed by atoms with van der Waals surface area (Å²) in [5, 5.41) is 2.89. The lowest BCUT2D eigenvalue weighted by atomic mass is 10.1. The van der Waals surface area contributed by atoms with Gasteiger partial charge in [-0.1, -0.05) is 30.3 Å². The van der Waals surface area contributed by atoms with Gasteiger partial charge in [-0.15, -0.1) is 11.8 Å². The van der Waals surface area contributed by atoms with Crippen LogP contribution in [0.25, 0.3) is 0 Å². The Morgan fingerprint density at radius 1 is 1.00 bits per heavy atom. The van der Waals surface area contributed by atoms with Gasteiger partial charge in [-0.2, -0.15) is 0 Å². The van der Waals surface area contributed by atoms with Crippen LogP contribution in [0.3, 0.4) is 0 Å². The average molecular weight is 328 g/mol. The zero-order valence-corrected chi connectivity index (χ0v) is 14.1. The Morgan fingerprint density at radius 2 is 1.65 bits per heavy atom. The van der Waals surface area contributed by atoms with Crippen molar-refractivity contribution in [1.82, 2.24) is 10.2 Å². The first-order valence-electron chi connectivity index (χ1n) is 7.31. The summed E-state index contributed by atoms with van der Waals surface area (Å²) in [6.45, 7) is 0.463. The molecule has 4 nitrogen and oxygen atoms in total. The lowest BCUT2D eigenvalue weighted by Gasteiger charge is -2.11. The molecule has 2 aromatic carbocycles. The van der Waals surface area contributed by atoms with Crippen LogP contribution in [0.2, 0.25) is 0 Å². The summed E-state index contributed by atoms with van der Waals surface area (Å²) >= 11 is 1.51. The molecular formula is C18H20N2O2S. The van der Waals surface area contributed by atoms with Crippen molar-refractivity contribution in [2.45, 2.75) is 11.4 Å². The van der Waals surface area contributed by atoms with Crippen LogP contribution < -0.4 is 5.32 Å². The van der Waals surface area contributed by atoms with Crippen molar-refractivity contribution in [2.75, 3.05) is 19.8 Å². The van der Waals surface area contributed by atoms with Gasteiger partial charge in [0.1, 0.15) is 0 Å². The van der Waals surface area contributed by atoms with Crippen LogP contribution in [-0.2, 0) is 11.3 Å². The van der Waals surface area contributed by atoms with E-state index in [9.17, 15) is 9.59 Å². The second kappa shape index (κ2) is 8.39. The molecule has 23 heavy (non-hydrogen) atoms. The van der Waals surface area contributed by atoms with Gasteiger partial charge in [-0.25, -0.2) is 0 Å². The van der Waals surface area contributed by atoms with Crippen LogP contribution >= 0.6 is 11.8 Å². The first kappa shape index (κ1) is 17.1. The molecule has 0 aliphatic rings. The highest BCUT2D eigenvalue weighted by molar-refractivity contribution is 8.00. The molecule has 0 heterocycles. The minimum atomic E-state index is -0.0279. The quantitative estimate of drug-likeness (QED) is 0.830. The number of rotatable bonds is 6. The normalized spacial score (nSPS) is 10.2. The van der Waals surface area contributed by atoms with Crippen LogP contribution in [0, 0.1) is 0 Å². The number of carbonyl (C=O) groups is 2. The molecule has 0 atom stereocenters. The number of amides is 2. The van der Waals surface area contributed by atoms with Gasteiger partial charge in [-0.05, 0) is 29.8 Å². The number of nitrogens with zero attached hydrogens (tertiary/aromatic N) is 1. The standard InChI is InChI=1S/C18H20N2O2S/c1-20(2)18(22)15-10-8-14(9-11-15)12-19-17(21)13-23-16-6-4-3-5-7-16/h3-11H,12-13H2,1-2H3,(H,19,21). The fourth-order valence-corrected chi connectivity index (χ4v) is 2.69. The zero-order valence-electron chi connectivity index (χ0n) is 13.3. The van der Waals surface area contributed by atoms with Gasteiger partial charge in [-0.3, -0.25) is 9.59 Å². The summed E-state index contributed by atoms with van der Waals surface area (Å²) in [4.78, 5) is 26.3. The third-order valence-corrected chi connectivity index (χ3v) is 4.22. The molecule has 0 unspecified atom stereocenters. The monoisotopic (exact) mass is 328 g/mol.